The summed E-state index contributed by atoms with van der Waals surface area (Å²) in [5.74, 6) is 0.493. The largest absolute Gasteiger partial charge is 0.493 e. The first-order valence-electron chi connectivity index (χ1n) is 11.6. The van der Waals surface area contributed by atoms with Crippen molar-refractivity contribution in [3.05, 3.63) is 98.6 Å². The van der Waals surface area contributed by atoms with E-state index in [2.05, 4.69) is 5.32 Å². The maximum atomic E-state index is 14.0. The fourth-order valence-electron chi connectivity index (χ4n) is 4.54. The van der Waals surface area contributed by atoms with Gasteiger partial charge in [-0.3, -0.25) is 9.59 Å². The minimum atomic E-state index is -0.427. The van der Waals surface area contributed by atoms with E-state index in [0.29, 0.717) is 40.4 Å². The number of hydrogen-bond donors (Lipinski definition) is 1. The van der Waals surface area contributed by atoms with Crippen molar-refractivity contribution in [2.45, 2.75) is 33.7 Å². The van der Waals surface area contributed by atoms with Gasteiger partial charge in [-0.15, -0.1) is 0 Å². The van der Waals surface area contributed by atoms with Crippen LogP contribution in [0.5, 0.6) is 17.4 Å². The van der Waals surface area contributed by atoms with Crippen LogP contribution in [0.15, 0.2) is 59.4 Å². The second-order valence-electron chi connectivity index (χ2n) is 8.99. The van der Waals surface area contributed by atoms with Crippen LogP contribution in [0.4, 0.5) is 10.1 Å². The van der Waals surface area contributed by atoms with Crippen molar-refractivity contribution >= 4 is 11.6 Å². The first kappa shape index (κ1) is 23.4. The van der Waals surface area contributed by atoms with Gasteiger partial charge < -0.3 is 14.8 Å². The van der Waals surface area contributed by atoms with Gasteiger partial charge in [0.2, 0.25) is 11.8 Å². The van der Waals surface area contributed by atoms with Gasteiger partial charge in [-0.1, -0.05) is 35.9 Å². The fraction of sp³-hybridized carbons (Fsp3) is 0.214. The Morgan fingerprint density at radius 3 is 2.61 bits per heavy atom. The molecule has 0 saturated heterocycles. The van der Waals surface area contributed by atoms with Crippen LogP contribution in [-0.2, 0) is 17.8 Å². The summed E-state index contributed by atoms with van der Waals surface area (Å²) in [6.45, 7) is 5.32. The van der Waals surface area contributed by atoms with Crippen LogP contribution >= 0.6 is 0 Å². The molecule has 0 radical (unpaired) electrons. The quantitative estimate of drug-likeness (QED) is 0.377. The van der Waals surface area contributed by atoms with Crippen LogP contribution in [0, 0.1) is 26.6 Å². The Bertz CT molecular complexity index is 1570. The summed E-state index contributed by atoms with van der Waals surface area (Å²) in [6, 6.07) is 15.8. The number of hydrogen-bond acceptors (Lipinski definition) is 4. The maximum Gasteiger partial charge on any atom is 0.278 e. The Morgan fingerprint density at radius 1 is 1.08 bits per heavy atom. The van der Waals surface area contributed by atoms with E-state index < -0.39 is 11.7 Å². The van der Waals surface area contributed by atoms with Gasteiger partial charge in [0.05, 0.1) is 18.4 Å². The highest BCUT2D eigenvalue weighted by Crippen LogP contribution is 2.42. The molecule has 184 valence electrons. The lowest BCUT2D eigenvalue weighted by molar-refractivity contribution is -0.117. The first-order valence-corrected chi connectivity index (χ1v) is 11.6. The molecule has 0 bridgehead atoms. The minimum absolute atomic E-state index is 0.224. The third kappa shape index (κ3) is 4.04. The lowest BCUT2D eigenvalue weighted by Gasteiger charge is -2.21. The van der Waals surface area contributed by atoms with Crippen molar-refractivity contribution < 1.29 is 18.7 Å². The molecule has 3 aromatic carbocycles. The van der Waals surface area contributed by atoms with E-state index in [1.54, 1.807) is 32.2 Å². The zero-order valence-electron chi connectivity index (χ0n) is 20.5. The Labute approximate surface area is 207 Å². The molecule has 0 saturated carbocycles. The molecule has 7 nitrogen and oxygen atoms in total. The number of aromatic nitrogens is 2. The van der Waals surface area contributed by atoms with E-state index >= 15 is 0 Å². The molecule has 0 aliphatic carbocycles. The van der Waals surface area contributed by atoms with E-state index in [9.17, 15) is 14.0 Å². The average Bonchev–Trinajstić information content (AvgIpc) is 3.10. The van der Waals surface area contributed by atoms with Crippen LogP contribution in [-0.4, -0.2) is 22.4 Å². The number of carbonyl (C=O) groups is 1. The number of carbonyl (C=O) groups excluding carboxylic acids is 1. The van der Waals surface area contributed by atoms with Crippen LogP contribution in [0.3, 0.4) is 0 Å². The Balaban J connectivity index is 1.61. The lowest BCUT2D eigenvalue weighted by Crippen LogP contribution is -2.28. The summed E-state index contributed by atoms with van der Waals surface area (Å²) in [4.78, 5) is 26.8. The Hall–Kier alpha value is -4.33. The molecule has 4 aromatic rings. The number of halogens is 1. The maximum absolute atomic E-state index is 14.0. The number of para-hydroxylation sites is 1. The van der Waals surface area contributed by atoms with Crippen molar-refractivity contribution in [1.29, 1.82) is 0 Å². The molecule has 1 aliphatic rings. The number of nitrogens with zero attached hydrogens (tertiary/aromatic N) is 2. The number of anilines is 1. The van der Waals surface area contributed by atoms with Crippen LogP contribution in [0.25, 0.3) is 5.69 Å². The van der Waals surface area contributed by atoms with Crippen molar-refractivity contribution in [3.63, 3.8) is 0 Å². The van der Waals surface area contributed by atoms with Gasteiger partial charge in [0.15, 0.2) is 11.5 Å². The smallest absolute Gasteiger partial charge is 0.278 e. The number of fused-ring (bicyclic) bond motifs is 2. The molecular weight excluding hydrogens is 461 g/mol. The molecule has 1 aliphatic heterocycles. The number of methoxy groups -OCH3 is 1. The van der Waals surface area contributed by atoms with Crippen LogP contribution in [0.1, 0.15) is 27.8 Å². The number of rotatable bonds is 5. The van der Waals surface area contributed by atoms with Gasteiger partial charge >= 0.3 is 0 Å². The summed E-state index contributed by atoms with van der Waals surface area (Å²) in [7, 11) is 1.55. The number of benzene rings is 3. The van der Waals surface area contributed by atoms with E-state index in [1.807, 2.05) is 44.2 Å². The molecule has 0 atom stereocenters. The number of nitrogens with one attached hydrogen (secondary N) is 1. The summed E-state index contributed by atoms with van der Waals surface area (Å²) in [6.07, 6.45) is 0.337. The highest BCUT2D eigenvalue weighted by atomic mass is 19.1. The zero-order valence-corrected chi connectivity index (χ0v) is 20.5. The van der Waals surface area contributed by atoms with Crippen molar-refractivity contribution in [2.24, 2.45) is 0 Å². The van der Waals surface area contributed by atoms with E-state index in [0.717, 1.165) is 16.7 Å². The molecule has 1 amide bonds. The monoisotopic (exact) mass is 487 g/mol. The average molecular weight is 488 g/mol. The second kappa shape index (κ2) is 9.03. The zero-order chi connectivity index (χ0) is 25.6. The Kier molecular flexibility index (Phi) is 5.88. The molecule has 0 unspecified atom stereocenters. The summed E-state index contributed by atoms with van der Waals surface area (Å²) >= 11 is 0. The van der Waals surface area contributed by atoms with Gasteiger partial charge in [-0.2, -0.15) is 0 Å². The molecule has 0 fully saturated rings. The lowest BCUT2D eigenvalue weighted by atomic mass is 10.0. The minimum Gasteiger partial charge on any atom is -0.493 e. The van der Waals surface area contributed by atoms with Crippen LogP contribution < -0.4 is 20.3 Å². The summed E-state index contributed by atoms with van der Waals surface area (Å²) < 4.78 is 28.7. The molecule has 1 aromatic heterocycles. The molecule has 36 heavy (non-hydrogen) atoms. The third-order valence-corrected chi connectivity index (χ3v) is 6.36. The van der Waals surface area contributed by atoms with Crippen molar-refractivity contribution in [1.82, 2.24) is 9.36 Å². The normalized spacial score (nSPS) is 11.9. The molecule has 5 rings (SSSR count). The van der Waals surface area contributed by atoms with Gasteiger partial charge in [-0.05, 0) is 56.2 Å². The van der Waals surface area contributed by atoms with Crippen LogP contribution in [0.2, 0.25) is 0 Å². The topological polar surface area (TPSA) is 74.5 Å². The highest BCUT2D eigenvalue weighted by molar-refractivity contribution is 5.90. The number of ether oxygens (including phenoxy) is 2. The highest BCUT2D eigenvalue weighted by Gasteiger charge is 2.31. The molecule has 0 spiro atoms. The molecular formula is C28H26FN3O4. The number of aryl methyl sites for hydroxylation is 3. The predicted octanol–water partition coefficient (Wildman–Crippen LogP) is 5.05. The molecule has 2 heterocycles. The molecule has 1 N–H and O–H groups in total. The van der Waals surface area contributed by atoms with Gasteiger partial charge in [0, 0.05) is 17.7 Å². The molecule has 8 heteroatoms. The van der Waals surface area contributed by atoms with E-state index in [4.69, 9.17) is 9.47 Å². The summed E-state index contributed by atoms with van der Waals surface area (Å²) in [5.41, 5.74) is 4.40. The van der Waals surface area contributed by atoms with Crippen molar-refractivity contribution in [3.8, 4) is 23.1 Å². The standard InChI is InChI=1S/C28H26FN3O4/c1-16-8-11-23(18(3)12-16)32-27(34)21-13-19-6-5-7-24(35-4)26(19)36-28(21)31(32)15-25(33)30-20-10-9-17(2)22(29)14-20/h5-12,14H,13,15H2,1-4H3,(H,30,33). The van der Waals surface area contributed by atoms with E-state index in [1.165, 1.54) is 15.4 Å². The first-order chi connectivity index (χ1) is 17.3. The fourth-order valence-corrected chi connectivity index (χ4v) is 4.54. The summed E-state index contributed by atoms with van der Waals surface area (Å²) in [5, 5.41) is 2.72. The third-order valence-electron chi connectivity index (χ3n) is 6.36. The van der Waals surface area contributed by atoms with Gasteiger partial charge in [0.25, 0.3) is 5.56 Å². The Morgan fingerprint density at radius 2 is 1.89 bits per heavy atom. The SMILES string of the molecule is COc1cccc2c1Oc1c(c(=O)n(-c3ccc(C)cc3C)n1CC(=O)Nc1ccc(C)c(F)c1)C2. The van der Waals surface area contributed by atoms with Gasteiger partial charge in [-0.25, -0.2) is 13.8 Å². The number of amides is 1. The predicted molar refractivity (Wildman–Crippen MR) is 135 cm³/mol. The van der Waals surface area contributed by atoms with Gasteiger partial charge in [0.1, 0.15) is 12.4 Å². The van der Waals surface area contributed by atoms with E-state index in [-0.39, 0.29) is 18.0 Å². The second-order valence-corrected chi connectivity index (χ2v) is 8.99. The van der Waals surface area contributed by atoms with Crippen molar-refractivity contribution in [2.75, 3.05) is 12.4 Å².